The monoisotopic (exact) mass is 402 g/mol. The summed E-state index contributed by atoms with van der Waals surface area (Å²) in [5.41, 5.74) is 1.33. The van der Waals surface area contributed by atoms with Crippen LogP contribution in [0.5, 0.6) is 0 Å². The van der Waals surface area contributed by atoms with Gasteiger partial charge in [-0.3, -0.25) is 9.48 Å². The van der Waals surface area contributed by atoms with Crippen molar-refractivity contribution in [3.05, 3.63) is 64.0 Å². The van der Waals surface area contributed by atoms with Crippen molar-refractivity contribution >= 4 is 33.1 Å². The minimum absolute atomic E-state index is 0.120. The number of hydrogen-bond acceptors (Lipinski definition) is 5. The highest BCUT2D eigenvalue weighted by molar-refractivity contribution is 7.89. The molecule has 0 atom stereocenters. The third-order valence-electron chi connectivity index (χ3n) is 4.46. The van der Waals surface area contributed by atoms with Gasteiger partial charge in [0.2, 0.25) is 10.0 Å². The number of carbonyl (C=O) groups excluding carboxylic acids is 1. The van der Waals surface area contributed by atoms with E-state index in [0.29, 0.717) is 25.3 Å². The first-order valence-electron chi connectivity index (χ1n) is 8.40. The van der Waals surface area contributed by atoms with Crippen LogP contribution in [0.3, 0.4) is 0 Å². The summed E-state index contributed by atoms with van der Waals surface area (Å²) in [7, 11) is -1.92. The summed E-state index contributed by atoms with van der Waals surface area (Å²) in [6.45, 7) is 0.811. The molecule has 0 fully saturated rings. The summed E-state index contributed by atoms with van der Waals surface area (Å²) in [6.07, 6.45) is 2.43. The maximum atomic E-state index is 13.0. The van der Waals surface area contributed by atoms with Crippen molar-refractivity contribution in [3.8, 4) is 0 Å². The zero-order valence-electron chi connectivity index (χ0n) is 14.6. The second kappa shape index (κ2) is 6.91. The maximum Gasteiger partial charge on any atom is 0.256 e. The summed E-state index contributed by atoms with van der Waals surface area (Å²) in [6, 6.07) is 9.75. The van der Waals surface area contributed by atoms with Gasteiger partial charge in [0.05, 0.1) is 4.90 Å². The number of nitrogens with zero attached hydrogens (tertiary/aromatic N) is 3. The Bertz CT molecular complexity index is 1100. The van der Waals surface area contributed by atoms with Crippen molar-refractivity contribution in [3.63, 3.8) is 0 Å². The van der Waals surface area contributed by atoms with E-state index in [2.05, 4.69) is 10.4 Å². The molecule has 3 heterocycles. The molecular weight excluding hydrogens is 384 g/mol. The van der Waals surface area contributed by atoms with E-state index in [4.69, 9.17) is 0 Å². The molecule has 9 heteroatoms. The molecule has 27 heavy (non-hydrogen) atoms. The SMILES string of the molecule is Cn1ccc(NC(=O)c2cccc(S(=O)(=O)N3CCc4sccc4C3)c2)n1. The molecular formula is C18H18N4O3S2. The fourth-order valence-electron chi connectivity index (χ4n) is 3.04. The predicted molar refractivity (Wildman–Crippen MR) is 103 cm³/mol. The standard InChI is InChI=1S/C18H18N4O3S2/c1-21-8-6-17(20-21)19-18(23)13-3-2-4-15(11-13)27(24,25)22-9-5-16-14(12-22)7-10-26-16/h2-4,6-8,10-11H,5,9,12H2,1H3,(H,19,20,23). The Labute approximate surface area is 161 Å². The van der Waals surface area contributed by atoms with Crippen LogP contribution in [0.4, 0.5) is 5.82 Å². The van der Waals surface area contributed by atoms with Gasteiger partial charge in [-0.1, -0.05) is 6.07 Å². The molecule has 7 nitrogen and oxygen atoms in total. The summed E-state index contributed by atoms with van der Waals surface area (Å²) >= 11 is 1.66. The second-order valence-electron chi connectivity index (χ2n) is 6.31. The van der Waals surface area contributed by atoms with Crippen LogP contribution >= 0.6 is 11.3 Å². The van der Waals surface area contributed by atoms with E-state index >= 15 is 0 Å². The van der Waals surface area contributed by atoms with Crippen LogP contribution in [0.2, 0.25) is 0 Å². The molecule has 1 aliphatic heterocycles. The zero-order chi connectivity index (χ0) is 19.0. The minimum atomic E-state index is -3.67. The molecule has 0 saturated carbocycles. The van der Waals surface area contributed by atoms with Gasteiger partial charge < -0.3 is 5.32 Å². The number of hydrogen-bond donors (Lipinski definition) is 1. The lowest BCUT2D eigenvalue weighted by molar-refractivity contribution is 0.102. The van der Waals surface area contributed by atoms with Gasteiger partial charge in [-0.2, -0.15) is 9.40 Å². The number of anilines is 1. The van der Waals surface area contributed by atoms with Crippen molar-refractivity contribution in [2.45, 2.75) is 17.9 Å². The number of nitrogens with one attached hydrogen (secondary N) is 1. The maximum absolute atomic E-state index is 13.0. The number of rotatable bonds is 4. The number of benzene rings is 1. The molecule has 3 aromatic rings. The number of aromatic nitrogens is 2. The molecule has 0 unspecified atom stereocenters. The fourth-order valence-corrected chi connectivity index (χ4v) is 5.40. The number of thiophene rings is 1. The Hall–Kier alpha value is -2.49. The number of amides is 1. The summed E-state index contributed by atoms with van der Waals surface area (Å²) in [5, 5.41) is 8.75. The van der Waals surface area contributed by atoms with Crippen LogP contribution < -0.4 is 5.32 Å². The topological polar surface area (TPSA) is 84.3 Å². The molecule has 4 rings (SSSR count). The average molecular weight is 403 g/mol. The number of sulfonamides is 1. The van der Waals surface area contributed by atoms with Gasteiger partial charge in [-0.15, -0.1) is 11.3 Å². The van der Waals surface area contributed by atoms with Crippen molar-refractivity contribution in [1.29, 1.82) is 0 Å². The van der Waals surface area contributed by atoms with E-state index in [1.807, 2.05) is 11.4 Å². The van der Waals surface area contributed by atoms with Crippen LogP contribution in [0.25, 0.3) is 0 Å². The molecule has 0 saturated heterocycles. The Morgan fingerprint density at radius 3 is 2.89 bits per heavy atom. The van der Waals surface area contributed by atoms with Crippen LogP contribution in [0.1, 0.15) is 20.8 Å². The summed E-state index contributed by atoms with van der Waals surface area (Å²) in [5.74, 6) is 0.0151. The molecule has 0 bridgehead atoms. The summed E-state index contributed by atoms with van der Waals surface area (Å²) in [4.78, 5) is 13.8. The van der Waals surface area contributed by atoms with Crippen molar-refractivity contribution in [1.82, 2.24) is 14.1 Å². The normalized spacial score (nSPS) is 14.7. The van der Waals surface area contributed by atoms with Gasteiger partial charge in [-0.25, -0.2) is 8.42 Å². The van der Waals surface area contributed by atoms with E-state index in [-0.39, 0.29) is 10.5 Å². The Morgan fingerprint density at radius 1 is 1.26 bits per heavy atom. The van der Waals surface area contributed by atoms with Gasteiger partial charge in [0.15, 0.2) is 5.82 Å². The minimum Gasteiger partial charge on any atom is -0.305 e. The zero-order valence-corrected chi connectivity index (χ0v) is 16.3. The smallest absolute Gasteiger partial charge is 0.256 e. The van der Waals surface area contributed by atoms with E-state index in [0.717, 1.165) is 5.56 Å². The molecule has 1 aromatic carbocycles. The molecule has 0 spiro atoms. The first kappa shape index (κ1) is 17.9. The molecule has 1 aliphatic rings. The van der Waals surface area contributed by atoms with E-state index in [1.54, 1.807) is 47.5 Å². The average Bonchev–Trinajstić information content (AvgIpc) is 3.29. The van der Waals surface area contributed by atoms with Gasteiger partial charge in [0.1, 0.15) is 0 Å². The molecule has 0 radical (unpaired) electrons. The predicted octanol–water partition coefficient (Wildman–Crippen LogP) is 2.48. The quantitative estimate of drug-likeness (QED) is 0.727. The Kier molecular flexibility index (Phi) is 4.58. The van der Waals surface area contributed by atoms with Gasteiger partial charge in [0.25, 0.3) is 5.91 Å². The van der Waals surface area contributed by atoms with E-state index in [9.17, 15) is 13.2 Å². The van der Waals surface area contributed by atoms with Crippen molar-refractivity contribution in [2.24, 2.45) is 7.05 Å². The van der Waals surface area contributed by atoms with E-state index in [1.165, 1.54) is 21.3 Å². The largest absolute Gasteiger partial charge is 0.305 e. The second-order valence-corrected chi connectivity index (χ2v) is 9.25. The third-order valence-corrected chi connectivity index (χ3v) is 7.33. The highest BCUT2D eigenvalue weighted by atomic mass is 32.2. The van der Waals surface area contributed by atoms with E-state index < -0.39 is 15.9 Å². The summed E-state index contributed by atoms with van der Waals surface area (Å²) < 4.78 is 29.1. The Balaban J connectivity index is 1.57. The number of carbonyl (C=O) groups is 1. The van der Waals surface area contributed by atoms with Crippen LogP contribution in [0, 0.1) is 0 Å². The molecule has 1 amide bonds. The van der Waals surface area contributed by atoms with Crippen LogP contribution in [-0.4, -0.2) is 35.0 Å². The first-order valence-corrected chi connectivity index (χ1v) is 10.7. The number of aryl methyl sites for hydroxylation is 1. The first-order chi connectivity index (χ1) is 12.9. The lowest BCUT2D eigenvalue weighted by Gasteiger charge is -2.26. The van der Waals surface area contributed by atoms with Gasteiger partial charge >= 0.3 is 0 Å². The molecule has 140 valence electrons. The van der Waals surface area contributed by atoms with Gasteiger partial charge in [0, 0.05) is 42.8 Å². The van der Waals surface area contributed by atoms with Gasteiger partial charge in [-0.05, 0) is 41.6 Å². The molecule has 2 aromatic heterocycles. The lowest BCUT2D eigenvalue weighted by Crippen LogP contribution is -2.35. The third kappa shape index (κ3) is 3.53. The number of fused-ring (bicyclic) bond motifs is 1. The van der Waals surface area contributed by atoms with Crippen molar-refractivity contribution < 1.29 is 13.2 Å². The van der Waals surface area contributed by atoms with Crippen molar-refractivity contribution in [2.75, 3.05) is 11.9 Å². The molecule has 0 aliphatic carbocycles. The fraction of sp³-hybridized carbons (Fsp3) is 0.222. The lowest BCUT2D eigenvalue weighted by atomic mass is 10.1. The highest BCUT2D eigenvalue weighted by Gasteiger charge is 2.29. The highest BCUT2D eigenvalue weighted by Crippen LogP contribution is 2.28. The Morgan fingerprint density at radius 2 is 2.11 bits per heavy atom. The molecule has 1 N–H and O–H groups in total. The van der Waals surface area contributed by atoms with Crippen LogP contribution in [0.15, 0.2) is 52.9 Å². The van der Waals surface area contributed by atoms with Crippen LogP contribution in [-0.2, 0) is 30.0 Å².